The lowest BCUT2D eigenvalue weighted by atomic mass is 9.96. The van der Waals surface area contributed by atoms with Crippen molar-refractivity contribution < 1.29 is 9.53 Å². The third kappa shape index (κ3) is 5.50. The number of carbonyl (C=O) groups is 1. The Morgan fingerprint density at radius 1 is 1.47 bits per heavy atom. The van der Waals surface area contributed by atoms with Crippen molar-refractivity contribution in [3.63, 3.8) is 0 Å². The van der Waals surface area contributed by atoms with Gasteiger partial charge in [0, 0.05) is 19.3 Å². The topological polar surface area (TPSA) is 64.3 Å². The van der Waals surface area contributed by atoms with Crippen LogP contribution in [0.25, 0.3) is 0 Å². The van der Waals surface area contributed by atoms with E-state index in [-0.39, 0.29) is 11.9 Å². The van der Waals surface area contributed by atoms with E-state index in [1.807, 2.05) is 20.8 Å². The molecule has 0 aromatic carbocycles. The summed E-state index contributed by atoms with van der Waals surface area (Å²) in [6, 6.07) is 0.235. The van der Waals surface area contributed by atoms with E-state index in [0.717, 1.165) is 18.9 Å². The van der Waals surface area contributed by atoms with Gasteiger partial charge in [-0.25, -0.2) is 0 Å². The van der Waals surface area contributed by atoms with Crippen molar-refractivity contribution in [3.05, 3.63) is 0 Å². The van der Waals surface area contributed by atoms with Gasteiger partial charge in [0.2, 0.25) is 5.91 Å². The van der Waals surface area contributed by atoms with Gasteiger partial charge in [-0.3, -0.25) is 4.79 Å². The molecule has 0 aromatic rings. The van der Waals surface area contributed by atoms with E-state index in [1.165, 1.54) is 12.8 Å². The van der Waals surface area contributed by atoms with Crippen molar-refractivity contribution in [2.24, 2.45) is 11.7 Å². The summed E-state index contributed by atoms with van der Waals surface area (Å²) in [5, 5.41) is 3.21. The summed E-state index contributed by atoms with van der Waals surface area (Å²) in [6.45, 7) is 7.26. The summed E-state index contributed by atoms with van der Waals surface area (Å²) in [5.74, 6) is 0.586. The van der Waals surface area contributed by atoms with Gasteiger partial charge in [0.25, 0.3) is 0 Å². The van der Waals surface area contributed by atoms with Gasteiger partial charge < -0.3 is 15.8 Å². The van der Waals surface area contributed by atoms with Gasteiger partial charge in [0.15, 0.2) is 0 Å². The van der Waals surface area contributed by atoms with Crippen LogP contribution < -0.4 is 11.1 Å². The van der Waals surface area contributed by atoms with E-state index in [2.05, 4.69) is 5.32 Å². The minimum atomic E-state index is -0.659. The van der Waals surface area contributed by atoms with Crippen LogP contribution in [0.2, 0.25) is 0 Å². The second-order valence-electron chi connectivity index (χ2n) is 5.59. The van der Waals surface area contributed by atoms with Gasteiger partial charge in [-0.1, -0.05) is 12.8 Å². The molecule has 0 spiro atoms. The minimum absolute atomic E-state index is 0.235. The molecule has 3 N–H and O–H groups in total. The Labute approximate surface area is 104 Å². The molecular weight excluding hydrogens is 216 g/mol. The van der Waals surface area contributed by atoms with Crippen LogP contribution >= 0.6 is 0 Å². The molecule has 100 valence electrons. The number of rotatable bonds is 9. The maximum atomic E-state index is 11.4. The average molecular weight is 242 g/mol. The maximum absolute atomic E-state index is 11.4. The fourth-order valence-corrected chi connectivity index (χ4v) is 1.94. The quantitative estimate of drug-likeness (QED) is 0.601. The van der Waals surface area contributed by atoms with Crippen LogP contribution in [0.1, 0.15) is 46.5 Å². The van der Waals surface area contributed by atoms with Crippen molar-refractivity contribution in [1.82, 2.24) is 5.32 Å². The standard InChI is InChI=1S/C13H26N2O2/c1-10(2)15-13(3,12(14)16)7-9-17-8-6-11-4-5-11/h10-11,15H,4-9H2,1-3H3,(H2,14,16). The molecule has 1 aliphatic rings. The van der Waals surface area contributed by atoms with E-state index in [4.69, 9.17) is 10.5 Å². The Hall–Kier alpha value is -0.610. The van der Waals surface area contributed by atoms with E-state index in [0.29, 0.717) is 13.0 Å². The van der Waals surface area contributed by atoms with Crippen LogP contribution in [0, 0.1) is 5.92 Å². The van der Waals surface area contributed by atoms with E-state index in [9.17, 15) is 4.79 Å². The summed E-state index contributed by atoms with van der Waals surface area (Å²) in [6.07, 6.45) is 4.50. The predicted molar refractivity (Wildman–Crippen MR) is 68.6 cm³/mol. The maximum Gasteiger partial charge on any atom is 0.237 e. The molecule has 1 fully saturated rings. The predicted octanol–water partition coefficient (Wildman–Crippen LogP) is 1.44. The molecule has 17 heavy (non-hydrogen) atoms. The molecule has 4 heteroatoms. The highest BCUT2D eigenvalue weighted by atomic mass is 16.5. The molecule has 1 atom stereocenters. The fraction of sp³-hybridized carbons (Fsp3) is 0.923. The SMILES string of the molecule is CC(C)NC(C)(CCOCCC1CC1)C(N)=O. The number of hydrogen-bond donors (Lipinski definition) is 2. The van der Waals surface area contributed by atoms with Gasteiger partial charge in [-0.15, -0.1) is 0 Å². The zero-order valence-electron chi connectivity index (χ0n) is 11.3. The first-order chi connectivity index (χ1) is 7.94. The van der Waals surface area contributed by atoms with Crippen molar-refractivity contribution in [3.8, 4) is 0 Å². The number of nitrogens with two attached hydrogens (primary N) is 1. The molecule has 4 nitrogen and oxygen atoms in total. The summed E-state index contributed by atoms with van der Waals surface area (Å²) in [5.41, 5.74) is 4.78. The van der Waals surface area contributed by atoms with Gasteiger partial charge in [0.1, 0.15) is 0 Å². The molecule has 0 saturated heterocycles. The molecule has 1 saturated carbocycles. The van der Waals surface area contributed by atoms with E-state index in [1.54, 1.807) is 0 Å². The van der Waals surface area contributed by atoms with Crippen LogP contribution in [0.4, 0.5) is 0 Å². The number of amides is 1. The molecule has 1 amide bonds. The second-order valence-corrected chi connectivity index (χ2v) is 5.59. The minimum Gasteiger partial charge on any atom is -0.381 e. The van der Waals surface area contributed by atoms with Crippen LogP contribution in [0.15, 0.2) is 0 Å². The van der Waals surface area contributed by atoms with E-state index >= 15 is 0 Å². The van der Waals surface area contributed by atoms with Gasteiger partial charge in [-0.05, 0) is 39.5 Å². The summed E-state index contributed by atoms with van der Waals surface area (Å²) in [4.78, 5) is 11.4. The molecule has 0 radical (unpaired) electrons. The van der Waals surface area contributed by atoms with Gasteiger partial charge in [-0.2, -0.15) is 0 Å². The van der Waals surface area contributed by atoms with Crippen LogP contribution in [0.5, 0.6) is 0 Å². The second kappa shape index (κ2) is 6.36. The molecule has 1 aliphatic carbocycles. The first kappa shape index (κ1) is 14.5. The molecule has 0 aliphatic heterocycles. The molecule has 1 rings (SSSR count). The highest BCUT2D eigenvalue weighted by Crippen LogP contribution is 2.32. The Balaban J connectivity index is 2.20. The monoisotopic (exact) mass is 242 g/mol. The smallest absolute Gasteiger partial charge is 0.237 e. The van der Waals surface area contributed by atoms with Crippen molar-refractivity contribution in [2.75, 3.05) is 13.2 Å². The van der Waals surface area contributed by atoms with Gasteiger partial charge >= 0.3 is 0 Å². The molecule has 0 aromatic heterocycles. The number of carbonyl (C=O) groups excluding carboxylic acids is 1. The first-order valence-corrected chi connectivity index (χ1v) is 6.59. The summed E-state index contributed by atoms with van der Waals surface area (Å²) >= 11 is 0. The first-order valence-electron chi connectivity index (χ1n) is 6.59. The van der Waals surface area contributed by atoms with E-state index < -0.39 is 5.54 Å². The third-order valence-corrected chi connectivity index (χ3v) is 3.26. The Kier molecular flexibility index (Phi) is 5.40. The number of hydrogen-bond acceptors (Lipinski definition) is 3. The van der Waals surface area contributed by atoms with Crippen LogP contribution in [-0.4, -0.2) is 30.7 Å². The van der Waals surface area contributed by atoms with Crippen LogP contribution in [0.3, 0.4) is 0 Å². The van der Waals surface area contributed by atoms with Crippen molar-refractivity contribution >= 4 is 5.91 Å². The zero-order chi connectivity index (χ0) is 12.9. The Bertz CT molecular complexity index is 252. The Morgan fingerprint density at radius 2 is 2.12 bits per heavy atom. The summed E-state index contributed by atoms with van der Waals surface area (Å²) in [7, 11) is 0. The van der Waals surface area contributed by atoms with Gasteiger partial charge in [0.05, 0.1) is 5.54 Å². The third-order valence-electron chi connectivity index (χ3n) is 3.26. The number of nitrogens with one attached hydrogen (secondary N) is 1. The zero-order valence-corrected chi connectivity index (χ0v) is 11.3. The summed E-state index contributed by atoms with van der Waals surface area (Å²) < 4.78 is 5.56. The lowest BCUT2D eigenvalue weighted by Gasteiger charge is -2.29. The normalized spacial score (nSPS) is 19.3. The lowest BCUT2D eigenvalue weighted by Crippen LogP contribution is -2.56. The highest BCUT2D eigenvalue weighted by molar-refractivity contribution is 5.84. The highest BCUT2D eigenvalue weighted by Gasteiger charge is 2.31. The van der Waals surface area contributed by atoms with Crippen molar-refractivity contribution in [2.45, 2.75) is 58.0 Å². The van der Waals surface area contributed by atoms with Crippen molar-refractivity contribution in [1.29, 1.82) is 0 Å². The molecule has 0 bridgehead atoms. The number of ether oxygens (including phenoxy) is 1. The average Bonchev–Trinajstić information content (AvgIpc) is 2.99. The largest absolute Gasteiger partial charge is 0.381 e. The molecule has 0 heterocycles. The lowest BCUT2D eigenvalue weighted by molar-refractivity contribution is -0.124. The van der Waals surface area contributed by atoms with Crippen LogP contribution in [-0.2, 0) is 9.53 Å². The Morgan fingerprint density at radius 3 is 2.59 bits per heavy atom. The fourth-order valence-electron chi connectivity index (χ4n) is 1.94. The molecule has 1 unspecified atom stereocenters. The number of primary amides is 1. The molecular formula is C13H26N2O2.